The van der Waals surface area contributed by atoms with E-state index in [1.165, 1.54) is 11.9 Å². The summed E-state index contributed by atoms with van der Waals surface area (Å²) >= 11 is 6.64. The summed E-state index contributed by atoms with van der Waals surface area (Å²) in [5.41, 5.74) is 5.64. The van der Waals surface area contributed by atoms with Crippen LogP contribution in [0, 0.1) is 0 Å². The minimum absolute atomic E-state index is 0.0445. The molecule has 0 unspecified atom stereocenters. The van der Waals surface area contributed by atoms with Crippen LogP contribution in [0.2, 0.25) is 5.02 Å². The molecule has 2 saturated heterocycles. The van der Waals surface area contributed by atoms with Gasteiger partial charge in [0.25, 0.3) is 11.8 Å². The number of aromatic nitrogens is 4. The molecule has 2 aliphatic heterocycles. The summed E-state index contributed by atoms with van der Waals surface area (Å²) in [6.07, 6.45) is 12.1. The van der Waals surface area contributed by atoms with Gasteiger partial charge < -0.3 is 15.5 Å². The number of pyridine rings is 2. The SMILES string of the molecule is O=C(NC1CCN(c2ccc(CN3CCC(NC(=O)c4cccc(-c5ccncn5)c4Cl)CC3)cn2)CC1)c1cccc(-c2cccnc2)c1. The van der Waals surface area contributed by atoms with Crippen molar-refractivity contribution in [3.8, 4) is 22.4 Å². The van der Waals surface area contributed by atoms with E-state index in [2.05, 4.69) is 47.5 Å². The highest BCUT2D eigenvalue weighted by atomic mass is 35.5. The van der Waals surface area contributed by atoms with Crippen molar-refractivity contribution in [1.82, 2.24) is 35.5 Å². The lowest BCUT2D eigenvalue weighted by Crippen LogP contribution is -2.45. The maximum atomic E-state index is 13.2. The number of anilines is 1. The molecule has 7 rings (SSSR count). The summed E-state index contributed by atoms with van der Waals surface area (Å²) in [4.78, 5) is 48.1. The molecule has 254 valence electrons. The Balaban J connectivity index is 0.851. The predicted molar refractivity (Wildman–Crippen MR) is 195 cm³/mol. The Bertz CT molecular complexity index is 1910. The van der Waals surface area contributed by atoms with Crippen molar-refractivity contribution in [1.29, 1.82) is 0 Å². The van der Waals surface area contributed by atoms with Crippen LogP contribution in [0.25, 0.3) is 22.4 Å². The Morgan fingerprint density at radius 2 is 1.50 bits per heavy atom. The first-order valence-electron chi connectivity index (χ1n) is 17.1. The summed E-state index contributed by atoms with van der Waals surface area (Å²) in [5, 5.41) is 6.82. The van der Waals surface area contributed by atoms with Gasteiger partial charge in [-0.1, -0.05) is 48.0 Å². The average Bonchev–Trinajstić information content (AvgIpc) is 3.17. The van der Waals surface area contributed by atoms with E-state index in [0.29, 0.717) is 27.4 Å². The molecular formula is C39H39ClN8O2. The fraction of sp³-hybridized carbons (Fsp3) is 0.282. The molecule has 2 amide bonds. The van der Waals surface area contributed by atoms with Crippen LogP contribution < -0.4 is 15.5 Å². The fourth-order valence-electron chi connectivity index (χ4n) is 6.70. The Morgan fingerprint density at radius 1 is 0.740 bits per heavy atom. The summed E-state index contributed by atoms with van der Waals surface area (Å²) in [5.74, 6) is 0.755. The number of nitrogens with one attached hydrogen (secondary N) is 2. The minimum atomic E-state index is -0.165. The van der Waals surface area contributed by atoms with Crippen LogP contribution in [-0.4, -0.2) is 74.9 Å². The molecule has 5 heterocycles. The van der Waals surface area contributed by atoms with Gasteiger partial charge in [0.1, 0.15) is 12.1 Å². The Hall–Kier alpha value is -5.19. The molecule has 0 bridgehead atoms. The van der Waals surface area contributed by atoms with Gasteiger partial charge in [0.15, 0.2) is 0 Å². The number of rotatable bonds is 9. The quantitative estimate of drug-likeness (QED) is 0.193. The second-order valence-electron chi connectivity index (χ2n) is 12.9. The van der Waals surface area contributed by atoms with Gasteiger partial charge in [0.2, 0.25) is 0 Å². The number of piperidine rings is 2. The molecule has 0 radical (unpaired) electrons. The Kier molecular flexibility index (Phi) is 10.4. The fourth-order valence-corrected chi connectivity index (χ4v) is 7.01. The third-order valence-corrected chi connectivity index (χ3v) is 9.92. The third kappa shape index (κ3) is 7.98. The van der Waals surface area contributed by atoms with Gasteiger partial charge in [0, 0.05) is 86.3 Å². The number of hydrogen-bond acceptors (Lipinski definition) is 8. The molecule has 2 fully saturated rings. The molecule has 2 aliphatic rings. The third-order valence-electron chi connectivity index (χ3n) is 9.51. The van der Waals surface area contributed by atoms with Crippen molar-refractivity contribution in [3.63, 3.8) is 0 Å². The molecule has 3 aromatic heterocycles. The van der Waals surface area contributed by atoms with Gasteiger partial charge in [-0.25, -0.2) is 15.0 Å². The average molecular weight is 687 g/mol. The monoisotopic (exact) mass is 686 g/mol. The first kappa shape index (κ1) is 33.3. The zero-order valence-corrected chi connectivity index (χ0v) is 28.5. The summed E-state index contributed by atoms with van der Waals surface area (Å²) < 4.78 is 0. The van der Waals surface area contributed by atoms with Crippen LogP contribution in [0.15, 0.2) is 104 Å². The number of halogens is 1. The second-order valence-corrected chi connectivity index (χ2v) is 13.2. The van der Waals surface area contributed by atoms with E-state index in [1.807, 2.05) is 60.9 Å². The Labute approximate surface area is 297 Å². The van der Waals surface area contributed by atoms with Crippen molar-refractivity contribution in [3.05, 3.63) is 126 Å². The molecule has 50 heavy (non-hydrogen) atoms. The van der Waals surface area contributed by atoms with Crippen LogP contribution >= 0.6 is 11.6 Å². The van der Waals surface area contributed by atoms with Crippen molar-refractivity contribution in [2.75, 3.05) is 31.1 Å². The zero-order chi connectivity index (χ0) is 34.3. The van der Waals surface area contributed by atoms with Crippen LogP contribution in [0.4, 0.5) is 5.82 Å². The molecule has 10 nitrogen and oxygen atoms in total. The molecule has 0 aliphatic carbocycles. The van der Waals surface area contributed by atoms with Crippen LogP contribution in [0.5, 0.6) is 0 Å². The zero-order valence-electron chi connectivity index (χ0n) is 27.7. The van der Waals surface area contributed by atoms with Crippen LogP contribution in [-0.2, 0) is 6.54 Å². The second kappa shape index (κ2) is 15.6. The first-order valence-corrected chi connectivity index (χ1v) is 17.5. The highest BCUT2D eigenvalue weighted by Gasteiger charge is 2.25. The molecule has 2 aromatic carbocycles. The van der Waals surface area contributed by atoms with Gasteiger partial charge in [-0.3, -0.25) is 19.5 Å². The van der Waals surface area contributed by atoms with E-state index in [9.17, 15) is 9.59 Å². The van der Waals surface area contributed by atoms with Crippen LogP contribution in [0.1, 0.15) is 52.0 Å². The maximum absolute atomic E-state index is 13.2. The highest BCUT2D eigenvalue weighted by Crippen LogP contribution is 2.30. The number of amides is 2. The van der Waals surface area contributed by atoms with E-state index >= 15 is 0 Å². The van der Waals surface area contributed by atoms with Crippen molar-refractivity contribution >= 4 is 29.2 Å². The number of nitrogens with zero attached hydrogens (tertiary/aromatic N) is 6. The largest absolute Gasteiger partial charge is 0.356 e. The van der Waals surface area contributed by atoms with E-state index in [1.54, 1.807) is 24.5 Å². The molecule has 0 atom stereocenters. The smallest absolute Gasteiger partial charge is 0.253 e. The lowest BCUT2D eigenvalue weighted by Gasteiger charge is -2.34. The van der Waals surface area contributed by atoms with E-state index in [4.69, 9.17) is 16.6 Å². The summed E-state index contributed by atoms with van der Waals surface area (Å²) in [6.45, 7) is 4.25. The molecule has 2 N–H and O–H groups in total. The molecule has 11 heteroatoms. The number of carbonyl (C=O) groups excluding carboxylic acids is 2. The first-order chi connectivity index (χ1) is 24.5. The normalized spacial score (nSPS) is 15.8. The van der Waals surface area contributed by atoms with Gasteiger partial charge >= 0.3 is 0 Å². The lowest BCUT2D eigenvalue weighted by atomic mass is 10.0. The topological polar surface area (TPSA) is 116 Å². The molecular weight excluding hydrogens is 648 g/mol. The van der Waals surface area contributed by atoms with Crippen LogP contribution in [0.3, 0.4) is 0 Å². The van der Waals surface area contributed by atoms with Gasteiger partial charge in [-0.15, -0.1) is 0 Å². The standard InChI is InChI=1S/C39H39ClN8O2/c40-37-33(35-11-17-42-26-44-35)7-2-8-34(37)39(50)46-31-12-18-47(19-13-31)25-27-9-10-36(43-23-27)48-20-14-32(15-21-48)45-38(49)29-5-1-4-28(22-29)30-6-3-16-41-24-30/h1-11,16-17,22-24,26,31-32H,12-15,18-21,25H2,(H,45,49)(H,46,50). The predicted octanol–water partition coefficient (Wildman–Crippen LogP) is 6.05. The van der Waals surface area contributed by atoms with E-state index in [-0.39, 0.29) is 23.9 Å². The summed E-state index contributed by atoms with van der Waals surface area (Å²) in [6, 6.07) is 23.3. The number of likely N-dealkylation sites (tertiary alicyclic amines) is 1. The minimum Gasteiger partial charge on any atom is -0.356 e. The summed E-state index contributed by atoms with van der Waals surface area (Å²) in [7, 11) is 0. The number of carbonyl (C=O) groups is 2. The molecule has 0 saturated carbocycles. The maximum Gasteiger partial charge on any atom is 0.253 e. The molecule has 5 aromatic rings. The van der Waals surface area contributed by atoms with E-state index in [0.717, 1.165) is 75.4 Å². The lowest BCUT2D eigenvalue weighted by molar-refractivity contribution is 0.0906. The number of benzene rings is 2. The molecule has 0 spiro atoms. The van der Waals surface area contributed by atoms with Crippen molar-refractivity contribution in [2.45, 2.75) is 44.3 Å². The van der Waals surface area contributed by atoms with E-state index < -0.39 is 0 Å². The van der Waals surface area contributed by atoms with Crippen molar-refractivity contribution in [2.24, 2.45) is 0 Å². The Morgan fingerprint density at radius 3 is 2.22 bits per heavy atom. The highest BCUT2D eigenvalue weighted by molar-refractivity contribution is 6.36. The van der Waals surface area contributed by atoms with Gasteiger partial charge in [-0.05, 0) is 73.2 Å². The van der Waals surface area contributed by atoms with Crippen molar-refractivity contribution < 1.29 is 9.59 Å². The number of hydrogen-bond donors (Lipinski definition) is 2. The van der Waals surface area contributed by atoms with Gasteiger partial charge in [-0.2, -0.15) is 0 Å². The van der Waals surface area contributed by atoms with Gasteiger partial charge in [0.05, 0.1) is 16.3 Å².